The minimum atomic E-state index is 0.618. The average Bonchev–Trinajstić information content (AvgIpc) is 3.76. The zero-order chi connectivity index (χ0) is 33.0. The summed E-state index contributed by atoms with van der Waals surface area (Å²) < 4.78 is 8.55. The maximum atomic E-state index is 6.14. The molecule has 0 unspecified atom stereocenters. The zero-order valence-electron chi connectivity index (χ0n) is 26.7. The van der Waals surface area contributed by atoms with E-state index in [0.717, 1.165) is 49.8 Å². The number of rotatable bonds is 5. The fourth-order valence-corrected chi connectivity index (χ4v) is 8.08. The van der Waals surface area contributed by atoms with Gasteiger partial charge in [-0.3, -0.25) is 0 Å². The molecule has 0 amide bonds. The Morgan fingerprint density at radius 3 is 1.76 bits per heavy atom. The molecule has 0 atom stereocenters. The van der Waals surface area contributed by atoms with Crippen molar-refractivity contribution in [2.24, 2.45) is 0 Å². The van der Waals surface area contributed by atoms with Crippen LogP contribution in [0.4, 0.5) is 0 Å². The molecule has 10 rings (SSSR count). The van der Waals surface area contributed by atoms with E-state index in [-0.39, 0.29) is 0 Å². The van der Waals surface area contributed by atoms with Gasteiger partial charge in [0.25, 0.3) is 0 Å². The van der Waals surface area contributed by atoms with Crippen molar-refractivity contribution in [3.63, 3.8) is 0 Å². The Hall–Kier alpha value is -6.43. The summed E-state index contributed by atoms with van der Waals surface area (Å²) in [5.41, 5.74) is 9.16. The van der Waals surface area contributed by atoms with E-state index in [4.69, 9.17) is 19.4 Å². The van der Waals surface area contributed by atoms with E-state index < -0.39 is 0 Å². The number of hydrogen-bond donors (Lipinski definition) is 0. The molecule has 3 aromatic heterocycles. The van der Waals surface area contributed by atoms with Crippen molar-refractivity contribution in [3.05, 3.63) is 164 Å². The van der Waals surface area contributed by atoms with Crippen LogP contribution < -0.4 is 0 Å². The molecule has 0 spiro atoms. The van der Waals surface area contributed by atoms with Crippen LogP contribution in [0.25, 0.3) is 98.5 Å². The number of furan rings is 1. The number of para-hydroxylation sites is 1. The second-order valence-corrected chi connectivity index (χ2v) is 13.5. The zero-order valence-corrected chi connectivity index (χ0v) is 27.6. The minimum Gasteiger partial charge on any atom is -0.456 e. The monoisotopic (exact) mass is 657 g/mol. The highest BCUT2D eigenvalue weighted by molar-refractivity contribution is 7.26. The number of aromatic nitrogens is 3. The topological polar surface area (TPSA) is 51.8 Å². The molecule has 0 aliphatic rings. The van der Waals surface area contributed by atoms with Gasteiger partial charge in [0.15, 0.2) is 17.5 Å². The van der Waals surface area contributed by atoms with Crippen LogP contribution >= 0.6 is 11.3 Å². The van der Waals surface area contributed by atoms with Crippen LogP contribution in [0.5, 0.6) is 0 Å². The Labute approximate surface area is 292 Å². The Morgan fingerprint density at radius 1 is 0.360 bits per heavy atom. The molecule has 0 aliphatic carbocycles. The van der Waals surface area contributed by atoms with Crippen molar-refractivity contribution in [2.45, 2.75) is 0 Å². The molecular formula is C45H27N3OS. The van der Waals surface area contributed by atoms with Crippen molar-refractivity contribution in [2.75, 3.05) is 0 Å². The largest absolute Gasteiger partial charge is 0.456 e. The molecule has 3 heterocycles. The first-order chi connectivity index (χ1) is 24.7. The first-order valence-corrected chi connectivity index (χ1v) is 17.4. The van der Waals surface area contributed by atoms with E-state index in [1.807, 2.05) is 36.4 Å². The average molecular weight is 658 g/mol. The SMILES string of the molecule is c1ccc(-c2ccc(-c3cccc(-c4nc(-c5ccc6oc7ccccc7c6c5)nc(-c5cccc6c5sc5ccccc56)n4)c3)cc2)cc1. The lowest BCUT2D eigenvalue weighted by molar-refractivity contribution is 0.669. The highest BCUT2D eigenvalue weighted by Gasteiger charge is 2.18. The summed E-state index contributed by atoms with van der Waals surface area (Å²) in [5, 5.41) is 4.56. The van der Waals surface area contributed by atoms with E-state index in [1.54, 1.807) is 11.3 Å². The quantitative estimate of drug-likeness (QED) is 0.185. The second kappa shape index (κ2) is 11.6. The molecular weight excluding hydrogens is 631 g/mol. The third-order valence-electron chi connectivity index (χ3n) is 9.36. The maximum Gasteiger partial charge on any atom is 0.165 e. The van der Waals surface area contributed by atoms with Gasteiger partial charge in [0.2, 0.25) is 0 Å². The van der Waals surface area contributed by atoms with E-state index in [2.05, 4.69) is 127 Å². The van der Waals surface area contributed by atoms with Crippen molar-refractivity contribution < 1.29 is 4.42 Å². The second-order valence-electron chi connectivity index (χ2n) is 12.4. The maximum absolute atomic E-state index is 6.14. The Bertz CT molecular complexity index is 2870. The highest BCUT2D eigenvalue weighted by Crippen LogP contribution is 2.40. The molecule has 0 aliphatic heterocycles. The van der Waals surface area contributed by atoms with E-state index in [0.29, 0.717) is 17.5 Å². The van der Waals surface area contributed by atoms with E-state index in [9.17, 15) is 0 Å². The van der Waals surface area contributed by atoms with Crippen LogP contribution in [0.15, 0.2) is 168 Å². The van der Waals surface area contributed by atoms with Gasteiger partial charge in [0.1, 0.15) is 11.2 Å². The summed E-state index contributed by atoms with van der Waals surface area (Å²) in [6, 6.07) is 56.9. The van der Waals surface area contributed by atoms with Gasteiger partial charge >= 0.3 is 0 Å². The van der Waals surface area contributed by atoms with Crippen LogP contribution in [-0.2, 0) is 0 Å². The van der Waals surface area contributed by atoms with Gasteiger partial charge in [0.05, 0.1) is 0 Å². The Kier molecular flexibility index (Phi) is 6.64. The molecule has 0 radical (unpaired) electrons. The summed E-state index contributed by atoms with van der Waals surface area (Å²) in [6.07, 6.45) is 0. The van der Waals surface area contributed by atoms with Crippen molar-refractivity contribution in [1.29, 1.82) is 0 Å². The third kappa shape index (κ3) is 4.87. The van der Waals surface area contributed by atoms with Crippen LogP contribution in [0.1, 0.15) is 0 Å². The lowest BCUT2D eigenvalue weighted by atomic mass is 9.99. The van der Waals surface area contributed by atoms with Gasteiger partial charge in [-0.25, -0.2) is 15.0 Å². The van der Waals surface area contributed by atoms with Gasteiger partial charge in [-0.15, -0.1) is 11.3 Å². The number of nitrogens with zero attached hydrogens (tertiary/aromatic N) is 3. The summed E-state index contributed by atoms with van der Waals surface area (Å²) in [7, 11) is 0. The highest BCUT2D eigenvalue weighted by atomic mass is 32.1. The fraction of sp³-hybridized carbons (Fsp3) is 0. The van der Waals surface area contributed by atoms with Crippen LogP contribution in [0.2, 0.25) is 0 Å². The summed E-state index contributed by atoms with van der Waals surface area (Å²) in [4.78, 5) is 15.5. The van der Waals surface area contributed by atoms with Crippen molar-refractivity contribution in [3.8, 4) is 56.4 Å². The number of fused-ring (bicyclic) bond motifs is 6. The molecule has 0 fully saturated rings. The first kappa shape index (κ1) is 28.6. The molecule has 10 aromatic rings. The smallest absolute Gasteiger partial charge is 0.165 e. The Balaban J connectivity index is 1.14. The summed E-state index contributed by atoms with van der Waals surface area (Å²) in [5.74, 6) is 1.90. The van der Waals surface area contributed by atoms with Gasteiger partial charge in [0, 0.05) is 47.6 Å². The number of thiophene rings is 1. The molecule has 5 heteroatoms. The normalized spacial score (nSPS) is 11.6. The standard InChI is InChI=1S/C45H27N3OS/c1-2-10-28(11-3-1)29-20-22-30(23-21-29)31-12-8-13-32(26-31)43-46-44(33-24-25-40-38(27-33)34-14-4-6-18-39(34)49-40)48-45(47-43)37-17-9-16-36-35-15-5-7-19-41(35)50-42(36)37/h1-27H. The van der Waals surface area contributed by atoms with Gasteiger partial charge in [-0.1, -0.05) is 121 Å². The third-order valence-corrected chi connectivity index (χ3v) is 10.6. The minimum absolute atomic E-state index is 0.618. The lowest BCUT2D eigenvalue weighted by Crippen LogP contribution is -2.00. The predicted octanol–water partition coefficient (Wildman–Crippen LogP) is 12.5. The number of hydrogen-bond acceptors (Lipinski definition) is 5. The van der Waals surface area contributed by atoms with Crippen LogP contribution in [-0.4, -0.2) is 15.0 Å². The summed E-state index contributed by atoms with van der Waals surface area (Å²) >= 11 is 1.78. The molecule has 0 bridgehead atoms. The van der Waals surface area contributed by atoms with Crippen molar-refractivity contribution >= 4 is 53.4 Å². The molecule has 0 saturated carbocycles. The van der Waals surface area contributed by atoms with E-state index >= 15 is 0 Å². The Morgan fingerprint density at radius 2 is 0.920 bits per heavy atom. The predicted molar refractivity (Wildman–Crippen MR) is 207 cm³/mol. The first-order valence-electron chi connectivity index (χ1n) is 16.6. The molecule has 7 aromatic carbocycles. The lowest BCUT2D eigenvalue weighted by Gasteiger charge is -2.11. The molecule has 0 saturated heterocycles. The fourth-order valence-electron chi connectivity index (χ4n) is 6.87. The van der Waals surface area contributed by atoms with Crippen molar-refractivity contribution in [1.82, 2.24) is 15.0 Å². The van der Waals surface area contributed by atoms with Gasteiger partial charge < -0.3 is 4.42 Å². The van der Waals surface area contributed by atoms with Crippen LogP contribution in [0.3, 0.4) is 0 Å². The van der Waals surface area contributed by atoms with Gasteiger partial charge in [-0.05, 0) is 64.7 Å². The molecule has 234 valence electrons. The summed E-state index contributed by atoms with van der Waals surface area (Å²) in [6.45, 7) is 0. The van der Waals surface area contributed by atoms with Crippen LogP contribution in [0, 0.1) is 0 Å². The molecule has 0 N–H and O–H groups in total. The van der Waals surface area contributed by atoms with E-state index in [1.165, 1.54) is 31.3 Å². The van der Waals surface area contributed by atoms with Gasteiger partial charge in [-0.2, -0.15) is 0 Å². The molecule has 50 heavy (non-hydrogen) atoms. The number of benzene rings is 7. The molecule has 4 nitrogen and oxygen atoms in total.